The lowest BCUT2D eigenvalue weighted by molar-refractivity contribution is -0.402. The summed E-state index contributed by atoms with van der Waals surface area (Å²) in [5.74, 6) is -0.414. The smallest absolute Gasteiger partial charge is 0.403 e. The molecule has 0 aliphatic carbocycles. The number of Topliss-reactive ketones (excluding diaryl/α,β-unsaturated/α-hetero) is 1. The van der Waals surface area contributed by atoms with Crippen LogP contribution < -0.4 is 10.6 Å². The first-order valence-corrected chi connectivity index (χ1v) is 9.16. The molecule has 0 saturated carbocycles. The number of benzene rings is 2. The number of furan rings is 1. The number of nitrogens with zero attached hydrogens (tertiary/aromatic N) is 1. The van der Waals surface area contributed by atoms with Gasteiger partial charge in [-0.1, -0.05) is 60.7 Å². The summed E-state index contributed by atoms with van der Waals surface area (Å²) in [6.45, 7) is 0. The number of rotatable bonds is 5. The van der Waals surface area contributed by atoms with Gasteiger partial charge in [0, 0.05) is 5.56 Å². The van der Waals surface area contributed by atoms with Crippen molar-refractivity contribution in [2.24, 2.45) is 0 Å². The Morgan fingerprint density at radius 1 is 1.00 bits per heavy atom. The number of ketones is 1. The van der Waals surface area contributed by atoms with Gasteiger partial charge in [-0.25, -0.2) is 0 Å². The van der Waals surface area contributed by atoms with Crippen molar-refractivity contribution in [3.05, 3.63) is 105 Å². The van der Waals surface area contributed by atoms with Crippen LogP contribution in [0.1, 0.15) is 27.7 Å². The minimum absolute atomic E-state index is 0.230. The molecule has 0 radical (unpaired) electrons. The number of carbonyl (C=O) groups excluding carboxylic acids is 1. The Kier molecular flexibility index (Phi) is 4.92. The summed E-state index contributed by atoms with van der Waals surface area (Å²) >= 11 is 5.33. The average Bonchev–Trinajstić information content (AvgIpc) is 3.24. The highest BCUT2D eigenvalue weighted by Crippen LogP contribution is 2.35. The fraction of sp³-hybridized carbons (Fsp3) is 0.0476. The number of nitrogens with one attached hydrogen (secondary N) is 2. The predicted molar refractivity (Wildman–Crippen MR) is 111 cm³/mol. The molecule has 1 atom stereocenters. The molecule has 7 nitrogen and oxygen atoms in total. The van der Waals surface area contributed by atoms with Crippen molar-refractivity contribution in [3.8, 4) is 0 Å². The van der Waals surface area contributed by atoms with Crippen LogP contribution in [0.25, 0.3) is 5.70 Å². The molecule has 2 N–H and O–H groups in total. The van der Waals surface area contributed by atoms with Gasteiger partial charge in [0.2, 0.25) is 0 Å². The maximum Gasteiger partial charge on any atom is 0.433 e. The predicted octanol–water partition coefficient (Wildman–Crippen LogP) is 4.00. The fourth-order valence-corrected chi connectivity index (χ4v) is 3.42. The van der Waals surface area contributed by atoms with Crippen molar-refractivity contribution >= 4 is 34.7 Å². The van der Waals surface area contributed by atoms with Crippen LogP contribution in [0.4, 0.5) is 5.88 Å². The summed E-state index contributed by atoms with van der Waals surface area (Å²) in [5.41, 5.74) is 2.15. The minimum atomic E-state index is -0.777. The van der Waals surface area contributed by atoms with Gasteiger partial charge >= 0.3 is 5.88 Å². The van der Waals surface area contributed by atoms with Gasteiger partial charge in [0.05, 0.1) is 17.3 Å². The molecule has 3 aromatic rings. The van der Waals surface area contributed by atoms with Crippen molar-refractivity contribution in [2.45, 2.75) is 6.04 Å². The molecule has 8 heteroatoms. The highest BCUT2D eigenvalue weighted by molar-refractivity contribution is 7.80. The second-order valence-corrected chi connectivity index (χ2v) is 6.72. The third-order valence-corrected chi connectivity index (χ3v) is 4.71. The van der Waals surface area contributed by atoms with E-state index in [-0.39, 0.29) is 16.7 Å². The van der Waals surface area contributed by atoms with E-state index in [0.29, 0.717) is 16.8 Å². The lowest BCUT2D eigenvalue weighted by atomic mass is 9.90. The van der Waals surface area contributed by atoms with E-state index in [9.17, 15) is 14.9 Å². The van der Waals surface area contributed by atoms with Crippen molar-refractivity contribution in [3.63, 3.8) is 0 Å². The van der Waals surface area contributed by atoms with Gasteiger partial charge in [0.25, 0.3) is 0 Å². The molecule has 0 fully saturated rings. The molecule has 144 valence electrons. The van der Waals surface area contributed by atoms with Gasteiger partial charge in [-0.2, -0.15) is 0 Å². The molecule has 0 amide bonds. The zero-order valence-corrected chi connectivity index (χ0v) is 15.8. The number of hydrogen-bond acceptors (Lipinski definition) is 5. The first kappa shape index (κ1) is 18.6. The van der Waals surface area contributed by atoms with Crippen molar-refractivity contribution in [1.82, 2.24) is 10.6 Å². The van der Waals surface area contributed by atoms with Crippen LogP contribution in [0.3, 0.4) is 0 Å². The minimum Gasteiger partial charge on any atom is -0.403 e. The maximum atomic E-state index is 13.5. The third-order valence-electron chi connectivity index (χ3n) is 4.49. The molecule has 0 saturated heterocycles. The van der Waals surface area contributed by atoms with E-state index in [2.05, 4.69) is 10.6 Å². The van der Waals surface area contributed by atoms with Crippen molar-refractivity contribution in [1.29, 1.82) is 0 Å². The average molecular weight is 405 g/mol. The van der Waals surface area contributed by atoms with E-state index in [0.717, 1.165) is 5.56 Å². The SMILES string of the molecule is O=C(C1=C(c2ccccc2)NC(=S)N[C@@H]1c1ccc([N+](=O)[O-])o1)c1ccccc1. The molecular formula is C21H15N3O4S. The van der Waals surface area contributed by atoms with Crippen molar-refractivity contribution < 1.29 is 14.1 Å². The quantitative estimate of drug-likeness (QED) is 0.287. The van der Waals surface area contributed by atoms with E-state index < -0.39 is 16.8 Å². The molecule has 4 rings (SSSR count). The first-order valence-electron chi connectivity index (χ1n) is 8.75. The lowest BCUT2D eigenvalue weighted by Crippen LogP contribution is -2.44. The van der Waals surface area contributed by atoms with Gasteiger partial charge in [-0.05, 0) is 23.8 Å². The van der Waals surface area contributed by atoms with Crippen LogP contribution in [0.5, 0.6) is 0 Å². The Hall–Kier alpha value is -3.78. The number of hydrogen-bond donors (Lipinski definition) is 2. The molecular weight excluding hydrogens is 390 g/mol. The monoisotopic (exact) mass is 405 g/mol. The summed E-state index contributed by atoms with van der Waals surface area (Å²) in [7, 11) is 0. The van der Waals surface area contributed by atoms with Crippen LogP contribution in [0.2, 0.25) is 0 Å². The highest BCUT2D eigenvalue weighted by Gasteiger charge is 2.35. The van der Waals surface area contributed by atoms with Gasteiger partial charge in [0.15, 0.2) is 10.9 Å². The Morgan fingerprint density at radius 2 is 1.66 bits per heavy atom. The van der Waals surface area contributed by atoms with E-state index >= 15 is 0 Å². The van der Waals surface area contributed by atoms with Gasteiger partial charge in [-0.3, -0.25) is 14.9 Å². The molecule has 0 bridgehead atoms. The second-order valence-electron chi connectivity index (χ2n) is 6.31. The second kappa shape index (κ2) is 7.69. The Labute approximate surface area is 171 Å². The number of nitro groups is 1. The van der Waals surface area contributed by atoms with Crippen LogP contribution in [-0.2, 0) is 0 Å². The van der Waals surface area contributed by atoms with Crippen LogP contribution in [0, 0.1) is 10.1 Å². The number of carbonyl (C=O) groups is 1. The topological polar surface area (TPSA) is 97.4 Å². The Balaban J connectivity index is 1.91. The Bertz CT molecular complexity index is 1120. The van der Waals surface area contributed by atoms with Gasteiger partial charge in [-0.15, -0.1) is 0 Å². The van der Waals surface area contributed by atoms with Crippen LogP contribution in [-0.4, -0.2) is 15.8 Å². The van der Waals surface area contributed by atoms with Gasteiger partial charge < -0.3 is 15.1 Å². The van der Waals surface area contributed by atoms with Crippen LogP contribution >= 0.6 is 12.2 Å². The normalized spacial score (nSPS) is 16.1. The maximum absolute atomic E-state index is 13.5. The summed E-state index contributed by atoms with van der Waals surface area (Å²) in [4.78, 5) is 23.9. The third kappa shape index (κ3) is 3.65. The fourth-order valence-electron chi connectivity index (χ4n) is 3.20. The van der Waals surface area contributed by atoms with E-state index in [1.54, 1.807) is 24.3 Å². The lowest BCUT2D eigenvalue weighted by Gasteiger charge is -2.30. The molecule has 0 unspecified atom stereocenters. The van der Waals surface area contributed by atoms with Crippen molar-refractivity contribution in [2.75, 3.05) is 0 Å². The molecule has 1 aromatic heterocycles. The zero-order valence-electron chi connectivity index (χ0n) is 15.0. The van der Waals surface area contributed by atoms with E-state index in [1.807, 2.05) is 36.4 Å². The van der Waals surface area contributed by atoms with E-state index in [4.69, 9.17) is 16.6 Å². The number of thiocarbonyl (C=S) groups is 1. The largest absolute Gasteiger partial charge is 0.433 e. The molecule has 1 aliphatic rings. The van der Waals surface area contributed by atoms with Gasteiger partial charge in [0.1, 0.15) is 16.7 Å². The summed E-state index contributed by atoms with van der Waals surface area (Å²) in [6.07, 6.45) is 0. The standard InChI is InChI=1S/C21H15N3O4S/c25-20(14-9-5-2-6-10-14)17-18(13-7-3-1-4-8-13)22-21(29)23-19(17)15-11-12-16(28-15)24(26)27/h1-12,19H,(H2,22,23,29)/t19-/m1/s1. The molecule has 2 heterocycles. The summed E-state index contributed by atoms with van der Waals surface area (Å²) < 4.78 is 5.40. The summed E-state index contributed by atoms with van der Waals surface area (Å²) in [5, 5.41) is 17.4. The van der Waals surface area contributed by atoms with E-state index in [1.165, 1.54) is 12.1 Å². The molecule has 29 heavy (non-hydrogen) atoms. The summed E-state index contributed by atoms with van der Waals surface area (Å²) in [6, 6.07) is 20.1. The Morgan fingerprint density at radius 3 is 2.28 bits per heavy atom. The molecule has 2 aromatic carbocycles. The van der Waals surface area contributed by atoms with Crippen LogP contribution in [0.15, 0.2) is 82.8 Å². The first-order chi connectivity index (χ1) is 14.0. The molecule has 1 aliphatic heterocycles. The molecule has 0 spiro atoms. The zero-order chi connectivity index (χ0) is 20.4. The highest BCUT2D eigenvalue weighted by atomic mass is 32.1.